The fourth-order valence-electron chi connectivity index (χ4n) is 2.18. The van der Waals surface area contributed by atoms with Crippen LogP contribution in [0.15, 0.2) is 41.0 Å². The van der Waals surface area contributed by atoms with Crippen LogP contribution in [0.1, 0.15) is 36.0 Å². The molecule has 0 aliphatic rings. The third kappa shape index (κ3) is 5.00. The number of amides is 1. The maximum absolute atomic E-state index is 12.1. The van der Waals surface area contributed by atoms with Gasteiger partial charge < -0.3 is 23.9 Å². The van der Waals surface area contributed by atoms with Gasteiger partial charge in [0.2, 0.25) is 0 Å². The number of methoxy groups -OCH3 is 1. The van der Waals surface area contributed by atoms with Crippen molar-refractivity contribution in [2.45, 2.75) is 19.9 Å². The topological polar surface area (TPSA) is 87.0 Å². The van der Waals surface area contributed by atoms with Crippen molar-refractivity contribution in [2.75, 3.05) is 20.3 Å². The first-order valence-corrected chi connectivity index (χ1v) is 7.85. The second-order valence-electron chi connectivity index (χ2n) is 5.18. The first kappa shape index (κ1) is 18.4. The molecule has 2 rings (SSSR count). The van der Waals surface area contributed by atoms with Gasteiger partial charge in [0.1, 0.15) is 5.76 Å². The number of benzene rings is 1. The van der Waals surface area contributed by atoms with Gasteiger partial charge in [-0.1, -0.05) is 0 Å². The molecule has 0 bridgehead atoms. The fourth-order valence-corrected chi connectivity index (χ4v) is 2.18. The monoisotopic (exact) mass is 347 g/mol. The van der Waals surface area contributed by atoms with E-state index in [1.165, 1.54) is 19.4 Å². The number of carbonyl (C=O) groups is 2. The Hall–Kier alpha value is -2.96. The van der Waals surface area contributed by atoms with Gasteiger partial charge in [0.25, 0.3) is 5.91 Å². The highest BCUT2D eigenvalue weighted by Crippen LogP contribution is 2.28. The summed E-state index contributed by atoms with van der Waals surface area (Å²) in [5.41, 5.74) is 0.271. The van der Waals surface area contributed by atoms with Crippen LogP contribution >= 0.6 is 0 Å². The fraction of sp³-hybridized carbons (Fsp3) is 0.333. The Morgan fingerprint density at radius 1 is 1.24 bits per heavy atom. The molecule has 1 amide bonds. The molecule has 25 heavy (non-hydrogen) atoms. The van der Waals surface area contributed by atoms with E-state index in [2.05, 4.69) is 5.32 Å². The molecule has 7 heteroatoms. The Kier molecular flexibility index (Phi) is 6.45. The lowest BCUT2D eigenvalue weighted by molar-refractivity contribution is -0.125. The van der Waals surface area contributed by atoms with Crippen molar-refractivity contribution in [2.24, 2.45) is 0 Å². The molecular weight excluding hydrogens is 326 g/mol. The molecule has 0 aliphatic carbocycles. The molecule has 0 fully saturated rings. The Labute approximate surface area is 145 Å². The zero-order valence-corrected chi connectivity index (χ0v) is 14.4. The van der Waals surface area contributed by atoms with Crippen LogP contribution in [0.2, 0.25) is 0 Å². The minimum atomic E-state index is -0.623. The summed E-state index contributed by atoms with van der Waals surface area (Å²) < 4.78 is 20.8. The van der Waals surface area contributed by atoms with Crippen molar-refractivity contribution in [3.63, 3.8) is 0 Å². The van der Waals surface area contributed by atoms with Crippen LogP contribution in [0.5, 0.6) is 11.5 Å². The van der Waals surface area contributed by atoms with E-state index in [9.17, 15) is 9.59 Å². The lowest BCUT2D eigenvalue weighted by Gasteiger charge is -2.12. The maximum atomic E-state index is 12.1. The Morgan fingerprint density at radius 3 is 2.68 bits per heavy atom. The summed E-state index contributed by atoms with van der Waals surface area (Å²) >= 11 is 0. The van der Waals surface area contributed by atoms with Gasteiger partial charge in [-0.05, 0) is 44.2 Å². The van der Waals surface area contributed by atoms with Crippen LogP contribution in [0.4, 0.5) is 0 Å². The van der Waals surface area contributed by atoms with Crippen molar-refractivity contribution in [3.05, 3.63) is 47.9 Å². The van der Waals surface area contributed by atoms with Gasteiger partial charge in [0, 0.05) is 0 Å². The van der Waals surface area contributed by atoms with E-state index in [0.717, 1.165) is 0 Å². The largest absolute Gasteiger partial charge is 0.493 e. The first-order valence-electron chi connectivity index (χ1n) is 7.85. The van der Waals surface area contributed by atoms with Gasteiger partial charge in [-0.2, -0.15) is 0 Å². The van der Waals surface area contributed by atoms with Crippen molar-refractivity contribution >= 4 is 11.9 Å². The molecule has 134 valence electrons. The molecular formula is C18H21NO6. The van der Waals surface area contributed by atoms with E-state index >= 15 is 0 Å². The minimum absolute atomic E-state index is 0.271. The zero-order chi connectivity index (χ0) is 18.2. The van der Waals surface area contributed by atoms with Crippen LogP contribution in [0.25, 0.3) is 0 Å². The number of hydrogen-bond acceptors (Lipinski definition) is 6. The van der Waals surface area contributed by atoms with E-state index in [1.54, 1.807) is 31.2 Å². The Bertz CT molecular complexity index is 710. The molecule has 0 radical (unpaired) electrons. The quantitative estimate of drug-likeness (QED) is 0.739. The number of carbonyl (C=O) groups excluding carboxylic acids is 2. The van der Waals surface area contributed by atoms with Crippen molar-refractivity contribution in [1.29, 1.82) is 0 Å². The molecule has 7 nitrogen and oxygen atoms in total. The second-order valence-corrected chi connectivity index (χ2v) is 5.18. The standard InChI is InChI=1S/C18H21NO6/c1-4-23-15-8-7-13(10-16(15)22-3)18(21)25-11-17(20)19-12(2)14-6-5-9-24-14/h5-10,12H,4,11H2,1-3H3,(H,19,20)/t12-/m0/s1. The second kappa shape index (κ2) is 8.77. The molecule has 1 heterocycles. The molecule has 1 N–H and O–H groups in total. The molecule has 0 unspecified atom stereocenters. The lowest BCUT2D eigenvalue weighted by Crippen LogP contribution is -2.31. The smallest absolute Gasteiger partial charge is 0.338 e. The summed E-state index contributed by atoms with van der Waals surface area (Å²) in [4.78, 5) is 24.0. The summed E-state index contributed by atoms with van der Waals surface area (Å²) in [5.74, 6) is 0.534. The van der Waals surface area contributed by atoms with E-state index in [1.807, 2.05) is 6.92 Å². The summed E-state index contributed by atoms with van der Waals surface area (Å²) in [6.07, 6.45) is 1.53. The number of nitrogens with one attached hydrogen (secondary N) is 1. The SMILES string of the molecule is CCOc1ccc(C(=O)OCC(=O)N[C@@H](C)c2ccco2)cc1OC. The first-order chi connectivity index (χ1) is 12.0. The molecule has 1 atom stereocenters. The summed E-state index contributed by atoms with van der Waals surface area (Å²) in [6, 6.07) is 7.86. The van der Waals surface area contributed by atoms with Crippen LogP contribution in [0, 0.1) is 0 Å². The van der Waals surface area contributed by atoms with Crippen molar-refractivity contribution < 1.29 is 28.2 Å². The summed E-state index contributed by atoms with van der Waals surface area (Å²) in [6.45, 7) is 3.72. The Morgan fingerprint density at radius 2 is 2.04 bits per heavy atom. The van der Waals surface area contributed by atoms with Gasteiger partial charge in [0.05, 0.1) is 31.6 Å². The van der Waals surface area contributed by atoms with Gasteiger partial charge in [-0.25, -0.2) is 4.79 Å². The van der Waals surface area contributed by atoms with Gasteiger partial charge in [-0.15, -0.1) is 0 Å². The highest BCUT2D eigenvalue weighted by Gasteiger charge is 2.16. The summed E-state index contributed by atoms with van der Waals surface area (Å²) in [5, 5.41) is 2.68. The highest BCUT2D eigenvalue weighted by atomic mass is 16.5. The molecule has 1 aromatic heterocycles. The molecule has 0 saturated carbocycles. The van der Waals surface area contributed by atoms with Crippen LogP contribution in [-0.4, -0.2) is 32.2 Å². The maximum Gasteiger partial charge on any atom is 0.338 e. The number of furan rings is 1. The van der Waals surface area contributed by atoms with E-state index in [-0.39, 0.29) is 18.2 Å². The zero-order valence-electron chi connectivity index (χ0n) is 14.4. The Balaban J connectivity index is 1.90. The van der Waals surface area contributed by atoms with E-state index in [4.69, 9.17) is 18.6 Å². The minimum Gasteiger partial charge on any atom is -0.493 e. The average molecular weight is 347 g/mol. The van der Waals surface area contributed by atoms with Gasteiger partial charge >= 0.3 is 5.97 Å². The molecule has 0 aliphatic heterocycles. The predicted molar refractivity (Wildman–Crippen MR) is 89.7 cm³/mol. The molecule has 1 aromatic carbocycles. The number of ether oxygens (including phenoxy) is 3. The van der Waals surface area contributed by atoms with Crippen LogP contribution in [0.3, 0.4) is 0 Å². The highest BCUT2D eigenvalue weighted by molar-refractivity contribution is 5.92. The lowest BCUT2D eigenvalue weighted by atomic mass is 10.2. The van der Waals surface area contributed by atoms with E-state index < -0.39 is 11.9 Å². The van der Waals surface area contributed by atoms with Gasteiger partial charge in [-0.3, -0.25) is 4.79 Å². The van der Waals surface area contributed by atoms with E-state index in [0.29, 0.717) is 23.9 Å². The third-order valence-corrected chi connectivity index (χ3v) is 3.38. The molecule has 0 saturated heterocycles. The molecule has 0 spiro atoms. The van der Waals surface area contributed by atoms with Crippen molar-refractivity contribution in [3.8, 4) is 11.5 Å². The number of rotatable bonds is 8. The molecule has 2 aromatic rings. The normalized spacial score (nSPS) is 11.5. The predicted octanol–water partition coefficient (Wildman–Crippen LogP) is 2.72. The van der Waals surface area contributed by atoms with Crippen molar-refractivity contribution in [1.82, 2.24) is 5.32 Å². The number of hydrogen-bond donors (Lipinski definition) is 1. The van der Waals surface area contributed by atoms with Crippen LogP contribution < -0.4 is 14.8 Å². The summed E-state index contributed by atoms with van der Waals surface area (Å²) in [7, 11) is 1.48. The van der Waals surface area contributed by atoms with Crippen LogP contribution in [-0.2, 0) is 9.53 Å². The third-order valence-electron chi connectivity index (χ3n) is 3.38. The number of esters is 1. The van der Waals surface area contributed by atoms with Gasteiger partial charge in [0.15, 0.2) is 18.1 Å². The average Bonchev–Trinajstić information content (AvgIpc) is 3.15.